The van der Waals surface area contributed by atoms with Gasteiger partial charge >= 0.3 is 6.03 Å². The van der Waals surface area contributed by atoms with Gasteiger partial charge < -0.3 is 29.5 Å². The number of methoxy groups -OCH3 is 2. The summed E-state index contributed by atoms with van der Waals surface area (Å²) in [6.45, 7) is 7.09. The number of rotatable bonds is 10. The van der Waals surface area contributed by atoms with Crippen LogP contribution in [0.5, 0.6) is 11.5 Å². The molecule has 10 nitrogen and oxygen atoms in total. The number of hydrogen-bond acceptors (Lipinski definition) is 7. The Hall–Kier alpha value is -4.34. The lowest BCUT2D eigenvalue weighted by molar-refractivity contribution is -0.132. The van der Waals surface area contributed by atoms with E-state index in [2.05, 4.69) is 20.4 Å². The Morgan fingerprint density at radius 2 is 1.78 bits per heavy atom. The smallest absolute Gasteiger partial charge is 0.318 e. The normalized spacial score (nSPS) is 14.1. The second-order valence-corrected chi connectivity index (χ2v) is 10.0. The van der Waals surface area contributed by atoms with Gasteiger partial charge in [-0.2, -0.15) is 0 Å². The zero-order valence-electron chi connectivity index (χ0n) is 24.4. The zero-order chi connectivity index (χ0) is 29.2. The molecule has 1 atom stereocenters. The van der Waals surface area contributed by atoms with Crippen LogP contribution >= 0.6 is 0 Å². The number of nitrogens with one attached hydrogen (secondary N) is 1. The first-order valence-corrected chi connectivity index (χ1v) is 14.1. The predicted molar refractivity (Wildman–Crippen MR) is 159 cm³/mol. The molecule has 1 aliphatic heterocycles. The molecular formula is C31H40N6O4. The fourth-order valence-corrected chi connectivity index (χ4v) is 4.92. The van der Waals surface area contributed by atoms with Crippen molar-refractivity contribution in [2.24, 2.45) is 0 Å². The zero-order valence-corrected chi connectivity index (χ0v) is 24.4. The molecule has 0 spiro atoms. The lowest BCUT2D eigenvalue weighted by Crippen LogP contribution is -2.48. The van der Waals surface area contributed by atoms with Crippen molar-refractivity contribution in [2.45, 2.75) is 32.7 Å². The number of urea groups is 1. The number of anilines is 1. The highest BCUT2D eigenvalue weighted by Gasteiger charge is 2.27. The number of benzene rings is 2. The highest BCUT2D eigenvalue weighted by atomic mass is 16.5. The van der Waals surface area contributed by atoms with Crippen molar-refractivity contribution in [3.05, 3.63) is 66.2 Å². The van der Waals surface area contributed by atoms with E-state index in [1.54, 1.807) is 19.1 Å². The molecule has 1 saturated heterocycles. The van der Waals surface area contributed by atoms with E-state index in [0.29, 0.717) is 43.4 Å². The van der Waals surface area contributed by atoms with Gasteiger partial charge in [0, 0.05) is 44.4 Å². The molecule has 2 heterocycles. The van der Waals surface area contributed by atoms with Gasteiger partial charge in [0.05, 0.1) is 26.0 Å². The first-order chi connectivity index (χ1) is 19.9. The summed E-state index contributed by atoms with van der Waals surface area (Å²) in [4.78, 5) is 32.1. The van der Waals surface area contributed by atoms with Crippen LogP contribution in [0.2, 0.25) is 0 Å². The van der Waals surface area contributed by atoms with Crippen molar-refractivity contribution in [3.63, 3.8) is 0 Å². The summed E-state index contributed by atoms with van der Waals surface area (Å²) >= 11 is 0. The third-order valence-electron chi connectivity index (χ3n) is 7.35. The molecule has 1 N–H and O–H groups in total. The molecule has 4 rings (SSSR count). The number of aromatic nitrogens is 2. The fourth-order valence-electron chi connectivity index (χ4n) is 4.92. The average molecular weight is 561 g/mol. The van der Waals surface area contributed by atoms with E-state index in [9.17, 15) is 9.59 Å². The SMILES string of the molecule is CCCNC(=O)N(CC(=O)N1CCCN(c2ccc(-c3ccc(OC)cc3OC)nn2)CC1)[C@@H](C)c1ccccc1. The summed E-state index contributed by atoms with van der Waals surface area (Å²) in [6, 6.07) is 18.8. The standard InChI is InChI=1S/C31H40N6O4/c1-5-16-32-31(39)37(23(2)24-10-7-6-8-11-24)22-30(38)36-18-9-17-35(19-20-36)29-15-14-27(33-34-29)26-13-12-25(40-3)21-28(26)41-4/h6-8,10-15,21,23H,5,9,16-20,22H2,1-4H3,(H,32,39)/t23-/m0/s1. The van der Waals surface area contributed by atoms with Gasteiger partial charge in [0.2, 0.25) is 5.91 Å². The van der Waals surface area contributed by atoms with Gasteiger partial charge in [-0.3, -0.25) is 4.79 Å². The monoisotopic (exact) mass is 560 g/mol. The minimum absolute atomic E-state index is 0.0177. The second kappa shape index (κ2) is 14.3. The number of amides is 3. The molecule has 3 amide bonds. The molecule has 10 heteroatoms. The number of carbonyl (C=O) groups is 2. The van der Waals surface area contributed by atoms with Crippen LogP contribution in [-0.2, 0) is 4.79 Å². The van der Waals surface area contributed by atoms with Gasteiger partial charge in [-0.25, -0.2) is 4.79 Å². The van der Waals surface area contributed by atoms with Crippen LogP contribution in [-0.4, -0.2) is 85.4 Å². The van der Waals surface area contributed by atoms with Crippen molar-refractivity contribution >= 4 is 17.8 Å². The number of ether oxygens (including phenoxy) is 2. The van der Waals surface area contributed by atoms with Crippen LogP contribution in [0.4, 0.5) is 10.6 Å². The molecule has 218 valence electrons. The van der Waals surface area contributed by atoms with E-state index in [1.807, 2.05) is 79.4 Å². The van der Waals surface area contributed by atoms with Crippen LogP contribution in [0.25, 0.3) is 11.3 Å². The van der Waals surface area contributed by atoms with E-state index in [4.69, 9.17) is 9.47 Å². The first kappa shape index (κ1) is 29.6. The minimum atomic E-state index is -0.237. The van der Waals surface area contributed by atoms with Crippen LogP contribution in [0.1, 0.15) is 38.3 Å². The van der Waals surface area contributed by atoms with E-state index >= 15 is 0 Å². The lowest BCUT2D eigenvalue weighted by atomic mass is 10.1. The average Bonchev–Trinajstić information content (AvgIpc) is 3.29. The Balaban J connectivity index is 1.41. The second-order valence-electron chi connectivity index (χ2n) is 10.0. The Morgan fingerprint density at radius 1 is 0.976 bits per heavy atom. The van der Waals surface area contributed by atoms with Gasteiger partial charge in [0.25, 0.3) is 0 Å². The van der Waals surface area contributed by atoms with E-state index in [1.165, 1.54) is 0 Å². The van der Waals surface area contributed by atoms with Gasteiger partial charge in [0.15, 0.2) is 5.82 Å². The molecule has 0 bridgehead atoms. The van der Waals surface area contributed by atoms with Gasteiger partial charge in [-0.1, -0.05) is 37.3 Å². The van der Waals surface area contributed by atoms with Gasteiger partial charge in [0.1, 0.15) is 18.0 Å². The third kappa shape index (κ3) is 7.45. The lowest BCUT2D eigenvalue weighted by Gasteiger charge is -2.31. The highest BCUT2D eigenvalue weighted by molar-refractivity contribution is 5.84. The Labute approximate surface area is 242 Å². The maximum atomic E-state index is 13.5. The molecular weight excluding hydrogens is 520 g/mol. The third-order valence-corrected chi connectivity index (χ3v) is 7.35. The molecule has 0 radical (unpaired) electrons. The summed E-state index contributed by atoms with van der Waals surface area (Å²) in [5.41, 5.74) is 2.52. The predicted octanol–water partition coefficient (Wildman–Crippen LogP) is 4.38. The van der Waals surface area contributed by atoms with Crippen LogP contribution in [0.15, 0.2) is 60.7 Å². The first-order valence-electron chi connectivity index (χ1n) is 14.1. The Kier molecular flexibility index (Phi) is 10.4. The minimum Gasteiger partial charge on any atom is -0.497 e. The van der Waals surface area contributed by atoms with E-state index in [0.717, 1.165) is 36.3 Å². The van der Waals surface area contributed by atoms with Gasteiger partial charge in [-0.05, 0) is 49.6 Å². The fraction of sp³-hybridized carbons (Fsp3) is 0.419. The van der Waals surface area contributed by atoms with Crippen LogP contribution < -0.4 is 19.7 Å². The summed E-state index contributed by atoms with van der Waals surface area (Å²) in [5.74, 6) is 2.07. The largest absolute Gasteiger partial charge is 0.497 e. The molecule has 41 heavy (non-hydrogen) atoms. The topological polar surface area (TPSA) is 100 Å². The Morgan fingerprint density at radius 3 is 2.46 bits per heavy atom. The molecule has 3 aromatic rings. The summed E-state index contributed by atoms with van der Waals surface area (Å²) < 4.78 is 10.8. The summed E-state index contributed by atoms with van der Waals surface area (Å²) in [6.07, 6.45) is 1.62. The Bertz CT molecular complexity index is 1290. The molecule has 1 aromatic heterocycles. The number of hydrogen-bond donors (Lipinski definition) is 1. The molecule has 2 aromatic carbocycles. The molecule has 0 unspecified atom stereocenters. The molecule has 0 aliphatic carbocycles. The quantitative estimate of drug-likeness (QED) is 0.393. The van der Waals surface area contributed by atoms with Crippen molar-refractivity contribution in [1.29, 1.82) is 0 Å². The maximum absolute atomic E-state index is 13.5. The van der Waals surface area contributed by atoms with Crippen molar-refractivity contribution in [1.82, 2.24) is 25.3 Å². The molecule has 1 aliphatic rings. The van der Waals surface area contributed by atoms with Gasteiger partial charge in [-0.15, -0.1) is 10.2 Å². The van der Waals surface area contributed by atoms with Crippen molar-refractivity contribution in [2.75, 3.05) is 58.4 Å². The maximum Gasteiger partial charge on any atom is 0.318 e. The number of carbonyl (C=O) groups excluding carboxylic acids is 2. The van der Waals surface area contributed by atoms with Crippen LogP contribution in [0.3, 0.4) is 0 Å². The van der Waals surface area contributed by atoms with E-state index in [-0.39, 0.29) is 24.5 Å². The molecule has 0 saturated carbocycles. The van der Waals surface area contributed by atoms with Crippen molar-refractivity contribution in [3.8, 4) is 22.8 Å². The number of nitrogens with zero attached hydrogens (tertiary/aromatic N) is 5. The van der Waals surface area contributed by atoms with Crippen LogP contribution in [0, 0.1) is 0 Å². The molecule has 1 fully saturated rings. The highest BCUT2D eigenvalue weighted by Crippen LogP contribution is 2.32. The van der Waals surface area contributed by atoms with E-state index < -0.39 is 0 Å². The summed E-state index contributed by atoms with van der Waals surface area (Å²) in [7, 11) is 3.23. The van der Waals surface area contributed by atoms with Crippen molar-refractivity contribution < 1.29 is 19.1 Å². The summed E-state index contributed by atoms with van der Waals surface area (Å²) in [5, 5.41) is 11.9.